The molecule has 0 saturated heterocycles. The first-order chi connectivity index (χ1) is 6.34. The highest BCUT2D eigenvalue weighted by atomic mass is 32.1. The summed E-state index contributed by atoms with van der Waals surface area (Å²) in [6.45, 7) is 0.613. The van der Waals surface area contributed by atoms with E-state index in [0.717, 1.165) is 5.56 Å². The van der Waals surface area contributed by atoms with Crippen LogP contribution in [0.1, 0.15) is 12.0 Å². The van der Waals surface area contributed by atoms with Crippen LogP contribution in [0.15, 0.2) is 30.3 Å². The van der Waals surface area contributed by atoms with Gasteiger partial charge in [-0.3, -0.25) is 0 Å². The number of ether oxygens (including phenoxy) is 1. The van der Waals surface area contributed by atoms with Gasteiger partial charge in [-0.25, -0.2) is 0 Å². The molecule has 0 unspecified atom stereocenters. The first-order valence-corrected chi connectivity index (χ1v) is 4.58. The molecule has 0 heterocycles. The molecule has 0 aliphatic carbocycles. The number of hydrogen-bond donors (Lipinski definition) is 1. The van der Waals surface area contributed by atoms with Crippen molar-refractivity contribution in [2.45, 2.75) is 6.42 Å². The van der Waals surface area contributed by atoms with Gasteiger partial charge in [0.15, 0.2) is 5.05 Å². The molecule has 0 aliphatic heterocycles. The molecule has 0 saturated carbocycles. The minimum absolute atomic E-state index is 0.136. The lowest BCUT2D eigenvalue weighted by atomic mass is 10.2. The summed E-state index contributed by atoms with van der Waals surface area (Å²) in [6.07, 6.45) is 0.618. The van der Waals surface area contributed by atoms with Crippen molar-refractivity contribution >= 4 is 17.3 Å². The Morgan fingerprint density at radius 1 is 1.31 bits per heavy atom. The van der Waals surface area contributed by atoms with Crippen molar-refractivity contribution in [1.29, 1.82) is 0 Å². The third kappa shape index (κ3) is 3.53. The van der Waals surface area contributed by atoms with Gasteiger partial charge in [-0.05, 0) is 12.2 Å². The van der Waals surface area contributed by atoms with Crippen LogP contribution in [0.3, 0.4) is 0 Å². The Morgan fingerprint density at radius 3 is 2.62 bits per heavy atom. The van der Waals surface area contributed by atoms with Crippen molar-refractivity contribution in [3.05, 3.63) is 35.9 Å². The Bertz CT molecular complexity index is 259. The first kappa shape index (κ1) is 10.2. The van der Waals surface area contributed by atoms with Crippen molar-refractivity contribution in [1.82, 2.24) is 0 Å². The van der Waals surface area contributed by atoms with Gasteiger partial charge >= 0.3 is 0 Å². The lowest BCUT2D eigenvalue weighted by Gasteiger charge is -2.05. The number of thiocarbonyl (C=S) groups is 1. The fraction of sp³-hybridized carbons (Fsp3) is 0.300. The summed E-state index contributed by atoms with van der Waals surface area (Å²) in [5.41, 5.74) is 0.912. The van der Waals surface area contributed by atoms with Crippen LogP contribution in [-0.4, -0.2) is 23.4 Å². The summed E-state index contributed by atoms with van der Waals surface area (Å²) in [6, 6.07) is 9.57. The minimum atomic E-state index is 0.136. The lowest BCUT2D eigenvalue weighted by molar-refractivity contribution is 0.231. The number of aliphatic hydroxyl groups excluding tert-OH is 1. The smallest absolute Gasteiger partial charge is 0.191 e. The van der Waals surface area contributed by atoms with Gasteiger partial charge in [0, 0.05) is 18.6 Å². The summed E-state index contributed by atoms with van der Waals surface area (Å²) >= 11 is 5.03. The second kappa shape index (κ2) is 5.67. The lowest BCUT2D eigenvalue weighted by Crippen LogP contribution is -2.05. The number of hydrogen-bond acceptors (Lipinski definition) is 3. The number of benzene rings is 1. The molecule has 0 fully saturated rings. The van der Waals surface area contributed by atoms with E-state index in [9.17, 15) is 0 Å². The topological polar surface area (TPSA) is 29.5 Å². The quantitative estimate of drug-likeness (QED) is 0.588. The van der Waals surface area contributed by atoms with Crippen LogP contribution in [0.4, 0.5) is 0 Å². The predicted molar refractivity (Wildman–Crippen MR) is 55.8 cm³/mol. The van der Waals surface area contributed by atoms with Crippen LogP contribution < -0.4 is 0 Å². The van der Waals surface area contributed by atoms with Crippen molar-refractivity contribution in [2.75, 3.05) is 13.2 Å². The number of aliphatic hydroxyl groups is 1. The number of rotatable bonds is 4. The van der Waals surface area contributed by atoms with Gasteiger partial charge in [-0.1, -0.05) is 30.3 Å². The molecule has 0 aliphatic rings. The van der Waals surface area contributed by atoms with Crippen LogP contribution in [0, 0.1) is 0 Å². The monoisotopic (exact) mass is 196 g/mol. The first-order valence-electron chi connectivity index (χ1n) is 4.17. The zero-order valence-corrected chi connectivity index (χ0v) is 8.09. The molecule has 0 aromatic heterocycles. The molecule has 0 radical (unpaired) electrons. The highest BCUT2D eigenvalue weighted by Gasteiger charge is 1.99. The molecule has 3 heteroatoms. The normalized spacial score (nSPS) is 9.62. The van der Waals surface area contributed by atoms with Crippen LogP contribution in [0.5, 0.6) is 0 Å². The summed E-state index contributed by atoms with van der Waals surface area (Å²) in [5.74, 6) is 0. The fourth-order valence-electron chi connectivity index (χ4n) is 0.887. The second-order valence-corrected chi connectivity index (χ2v) is 2.95. The molecule has 1 aromatic carbocycles. The van der Waals surface area contributed by atoms with E-state index in [0.29, 0.717) is 18.1 Å². The summed E-state index contributed by atoms with van der Waals surface area (Å²) in [4.78, 5) is 0. The highest BCUT2D eigenvalue weighted by Crippen LogP contribution is 2.02. The average Bonchev–Trinajstić information content (AvgIpc) is 2.19. The van der Waals surface area contributed by atoms with E-state index in [-0.39, 0.29) is 6.61 Å². The molecule has 0 bridgehead atoms. The Hall–Kier alpha value is -0.930. The van der Waals surface area contributed by atoms with Gasteiger partial charge in [0.05, 0.1) is 6.61 Å². The standard InChI is InChI=1S/C10H12O2S/c11-7-4-8-12-10(13)9-5-2-1-3-6-9/h1-3,5-6,11H,4,7-8H2. The molecule has 70 valence electrons. The van der Waals surface area contributed by atoms with Gasteiger partial charge < -0.3 is 9.84 Å². The van der Waals surface area contributed by atoms with Crippen LogP contribution in [0.25, 0.3) is 0 Å². The van der Waals surface area contributed by atoms with Gasteiger partial charge in [0.25, 0.3) is 0 Å². The maximum Gasteiger partial charge on any atom is 0.191 e. The summed E-state index contributed by atoms with van der Waals surface area (Å²) in [7, 11) is 0. The van der Waals surface area contributed by atoms with E-state index in [2.05, 4.69) is 0 Å². The fourth-order valence-corrected chi connectivity index (χ4v) is 1.11. The van der Waals surface area contributed by atoms with Crippen LogP contribution >= 0.6 is 12.2 Å². The zero-order chi connectivity index (χ0) is 9.52. The molecule has 0 amide bonds. The summed E-state index contributed by atoms with van der Waals surface area (Å²) in [5, 5.41) is 9.02. The Labute approximate surface area is 83.2 Å². The average molecular weight is 196 g/mol. The van der Waals surface area contributed by atoms with E-state index < -0.39 is 0 Å². The van der Waals surface area contributed by atoms with Crippen molar-refractivity contribution in [3.8, 4) is 0 Å². The molecule has 13 heavy (non-hydrogen) atoms. The van der Waals surface area contributed by atoms with E-state index in [1.165, 1.54) is 0 Å². The van der Waals surface area contributed by atoms with Gasteiger partial charge in [-0.15, -0.1) is 0 Å². The SMILES string of the molecule is OCCCOC(=S)c1ccccc1. The summed E-state index contributed by atoms with van der Waals surface area (Å²) < 4.78 is 5.24. The minimum Gasteiger partial charge on any atom is -0.483 e. The van der Waals surface area contributed by atoms with Crippen LogP contribution in [0.2, 0.25) is 0 Å². The molecule has 1 rings (SSSR count). The largest absolute Gasteiger partial charge is 0.483 e. The maximum atomic E-state index is 8.53. The van der Waals surface area contributed by atoms with Gasteiger partial charge in [0.2, 0.25) is 0 Å². The second-order valence-electron chi connectivity index (χ2n) is 2.58. The van der Waals surface area contributed by atoms with E-state index >= 15 is 0 Å². The van der Waals surface area contributed by atoms with E-state index in [1.807, 2.05) is 30.3 Å². The highest BCUT2D eigenvalue weighted by molar-refractivity contribution is 7.80. The van der Waals surface area contributed by atoms with Crippen molar-refractivity contribution < 1.29 is 9.84 Å². The van der Waals surface area contributed by atoms with Gasteiger partial charge in [0.1, 0.15) is 0 Å². The Balaban J connectivity index is 2.40. The van der Waals surface area contributed by atoms with Gasteiger partial charge in [-0.2, -0.15) is 0 Å². The molecular weight excluding hydrogens is 184 g/mol. The Morgan fingerprint density at radius 2 is 2.00 bits per heavy atom. The Kier molecular flexibility index (Phi) is 4.43. The van der Waals surface area contributed by atoms with Crippen LogP contribution in [-0.2, 0) is 4.74 Å². The molecular formula is C10H12O2S. The van der Waals surface area contributed by atoms with E-state index in [1.54, 1.807) is 0 Å². The maximum absolute atomic E-state index is 8.53. The third-order valence-electron chi connectivity index (χ3n) is 1.55. The molecule has 2 nitrogen and oxygen atoms in total. The molecule has 1 N–H and O–H groups in total. The molecule has 0 atom stereocenters. The zero-order valence-electron chi connectivity index (χ0n) is 7.27. The molecule has 0 spiro atoms. The third-order valence-corrected chi connectivity index (χ3v) is 1.90. The van der Waals surface area contributed by atoms with Crippen molar-refractivity contribution in [3.63, 3.8) is 0 Å². The van der Waals surface area contributed by atoms with E-state index in [4.69, 9.17) is 22.1 Å². The molecule has 1 aromatic rings. The van der Waals surface area contributed by atoms with Crippen molar-refractivity contribution in [2.24, 2.45) is 0 Å². The predicted octanol–water partition coefficient (Wildman–Crippen LogP) is 1.76.